The van der Waals surface area contributed by atoms with Gasteiger partial charge in [0, 0.05) is 29.4 Å². The third-order valence-electron chi connectivity index (χ3n) is 3.38. The van der Waals surface area contributed by atoms with Gasteiger partial charge in [-0.3, -0.25) is 4.21 Å². The van der Waals surface area contributed by atoms with Crippen molar-refractivity contribution < 1.29 is 13.7 Å². The molecule has 128 valence electrons. The summed E-state index contributed by atoms with van der Waals surface area (Å²) >= 11 is 0. The first-order valence-electron chi connectivity index (χ1n) is 7.72. The van der Waals surface area contributed by atoms with Crippen LogP contribution in [0.25, 0.3) is 0 Å². The van der Waals surface area contributed by atoms with Gasteiger partial charge < -0.3 is 15.4 Å². The second-order valence-electron chi connectivity index (χ2n) is 5.38. The van der Waals surface area contributed by atoms with Gasteiger partial charge in [0.2, 0.25) is 0 Å². The molecule has 2 amide bonds. The van der Waals surface area contributed by atoms with Gasteiger partial charge >= 0.3 is 6.03 Å². The van der Waals surface area contributed by atoms with Crippen molar-refractivity contribution in [2.75, 3.05) is 18.6 Å². The van der Waals surface area contributed by atoms with E-state index in [-0.39, 0.29) is 12.1 Å². The summed E-state index contributed by atoms with van der Waals surface area (Å²) in [5.41, 5.74) is 0.977. The van der Waals surface area contributed by atoms with E-state index in [1.807, 2.05) is 61.5 Å². The van der Waals surface area contributed by atoms with Crippen molar-refractivity contribution in [1.82, 2.24) is 10.6 Å². The quantitative estimate of drug-likeness (QED) is 0.809. The molecule has 0 saturated carbocycles. The number of nitrogens with one attached hydrogen (secondary N) is 2. The van der Waals surface area contributed by atoms with E-state index < -0.39 is 10.8 Å². The number of carbonyl (C=O) groups is 1. The Hall–Kier alpha value is -2.34. The van der Waals surface area contributed by atoms with Crippen LogP contribution in [0.4, 0.5) is 4.79 Å². The first-order valence-corrected chi connectivity index (χ1v) is 9.44. The predicted molar refractivity (Wildman–Crippen MR) is 96.8 cm³/mol. The van der Waals surface area contributed by atoms with Crippen LogP contribution in [-0.2, 0) is 10.8 Å². The highest BCUT2D eigenvalue weighted by molar-refractivity contribution is 7.84. The van der Waals surface area contributed by atoms with Crippen LogP contribution in [0.1, 0.15) is 18.5 Å². The number of para-hydroxylation sites is 1. The molecule has 2 rings (SSSR count). The molecule has 24 heavy (non-hydrogen) atoms. The minimum absolute atomic E-state index is 0.136. The van der Waals surface area contributed by atoms with Crippen LogP contribution in [0.2, 0.25) is 0 Å². The van der Waals surface area contributed by atoms with Crippen molar-refractivity contribution in [2.24, 2.45) is 0 Å². The molecule has 0 spiro atoms. The van der Waals surface area contributed by atoms with Crippen LogP contribution >= 0.6 is 0 Å². The Bertz CT molecular complexity index is 674. The maximum absolute atomic E-state index is 11.8. The normalized spacial score (nSPS) is 12.9. The second kappa shape index (κ2) is 9.08. The number of carbonyl (C=O) groups excluding carboxylic acids is 1. The Labute approximate surface area is 144 Å². The van der Waals surface area contributed by atoms with Gasteiger partial charge in [-0.15, -0.1) is 0 Å². The lowest BCUT2D eigenvalue weighted by Crippen LogP contribution is -2.38. The highest BCUT2D eigenvalue weighted by Gasteiger charge is 2.09. The Morgan fingerprint density at radius 2 is 1.71 bits per heavy atom. The minimum atomic E-state index is -0.907. The van der Waals surface area contributed by atoms with Crippen molar-refractivity contribution in [3.05, 3.63) is 60.2 Å². The summed E-state index contributed by atoms with van der Waals surface area (Å²) in [7, 11) is -0.907. The number of amides is 2. The Morgan fingerprint density at radius 3 is 2.33 bits per heavy atom. The predicted octanol–water partition coefficient (Wildman–Crippen LogP) is 3.22. The summed E-state index contributed by atoms with van der Waals surface area (Å²) in [6.45, 7) is 2.30. The molecular formula is C18H22N2O3S. The fraction of sp³-hybridized carbons (Fsp3) is 0.278. The Balaban J connectivity index is 1.85. The summed E-state index contributed by atoms with van der Waals surface area (Å²) in [4.78, 5) is 11.8. The van der Waals surface area contributed by atoms with Gasteiger partial charge in [0.1, 0.15) is 11.5 Å². The fourth-order valence-corrected chi connectivity index (χ4v) is 2.48. The molecular weight excluding hydrogens is 324 g/mol. The smallest absolute Gasteiger partial charge is 0.315 e. The summed E-state index contributed by atoms with van der Waals surface area (Å²) in [6, 6.07) is 16.8. The average molecular weight is 346 g/mol. The minimum Gasteiger partial charge on any atom is -0.457 e. The molecule has 0 radical (unpaired) electrons. The van der Waals surface area contributed by atoms with Crippen molar-refractivity contribution in [3.8, 4) is 11.5 Å². The van der Waals surface area contributed by atoms with E-state index in [1.54, 1.807) is 6.26 Å². The number of urea groups is 1. The molecule has 6 heteroatoms. The second-order valence-corrected chi connectivity index (χ2v) is 6.94. The molecule has 2 aromatic rings. The van der Waals surface area contributed by atoms with E-state index in [0.717, 1.165) is 17.1 Å². The first kappa shape index (κ1) is 18.0. The van der Waals surface area contributed by atoms with Crippen molar-refractivity contribution in [3.63, 3.8) is 0 Å². The lowest BCUT2D eigenvalue weighted by atomic mass is 10.1. The molecule has 2 aromatic carbocycles. The van der Waals surface area contributed by atoms with E-state index in [0.29, 0.717) is 12.3 Å². The van der Waals surface area contributed by atoms with Gasteiger partial charge in [0.25, 0.3) is 0 Å². The third kappa shape index (κ3) is 6.04. The van der Waals surface area contributed by atoms with Crippen LogP contribution in [0.3, 0.4) is 0 Å². The van der Waals surface area contributed by atoms with Crippen molar-refractivity contribution >= 4 is 16.8 Å². The SMILES string of the molecule is C[C@@H](NC(=O)NCC[S@](C)=O)c1ccc(Oc2ccccc2)cc1. The van der Waals surface area contributed by atoms with Crippen LogP contribution in [0.15, 0.2) is 54.6 Å². The van der Waals surface area contributed by atoms with Gasteiger partial charge in [0.05, 0.1) is 6.04 Å². The fourth-order valence-electron chi connectivity index (χ4n) is 2.09. The molecule has 0 saturated heterocycles. The molecule has 2 atom stereocenters. The lowest BCUT2D eigenvalue weighted by Gasteiger charge is -2.15. The number of benzene rings is 2. The molecule has 0 heterocycles. The number of hydrogen-bond donors (Lipinski definition) is 2. The topological polar surface area (TPSA) is 67.4 Å². The van der Waals surface area contributed by atoms with E-state index in [1.165, 1.54) is 0 Å². The summed E-state index contributed by atoms with van der Waals surface area (Å²) < 4.78 is 16.7. The van der Waals surface area contributed by atoms with Crippen molar-refractivity contribution in [2.45, 2.75) is 13.0 Å². The molecule has 0 aliphatic carbocycles. The van der Waals surface area contributed by atoms with Crippen LogP contribution < -0.4 is 15.4 Å². The Morgan fingerprint density at radius 1 is 1.08 bits per heavy atom. The van der Waals surface area contributed by atoms with Crippen LogP contribution in [0, 0.1) is 0 Å². The van der Waals surface area contributed by atoms with Gasteiger partial charge in [0.15, 0.2) is 0 Å². The molecule has 0 fully saturated rings. The molecule has 0 unspecified atom stereocenters. The molecule has 0 aliphatic heterocycles. The zero-order valence-corrected chi connectivity index (χ0v) is 14.6. The summed E-state index contributed by atoms with van der Waals surface area (Å²) in [5.74, 6) is 1.98. The Kier molecular flexibility index (Phi) is 6.81. The van der Waals surface area contributed by atoms with Gasteiger partial charge in [-0.2, -0.15) is 0 Å². The monoisotopic (exact) mass is 346 g/mol. The van der Waals surface area contributed by atoms with Crippen molar-refractivity contribution in [1.29, 1.82) is 0 Å². The standard InChI is InChI=1S/C18H22N2O3S/c1-14(20-18(21)19-12-13-24(2)22)15-8-10-17(11-9-15)23-16-6-4-3-5-7-16/h3-11,14H,12-13H2,1-2H3,(H2,19,20,21)/t14-,24+/m1/s1. The number of ether oxygens (including phenoxy) is 1. The number of rotatable bonds is 7. The molecule has 0 aliphatic rings. The van der Waals surface area contributed by atoms with Crippen LogP contribution in [-0.4, -0.2) is 28.8 Å². The molecule has 0 bridgehead atoms. The first-order chi connectivity index (χ1) is 11.5. The summed E-state index contributed by atoms with van der Waals surface area (Å²) in [6.07, 6.45) is 1.61. The highest BCUT2D eigenvalue weighted by Crippen LogP contribution is 2.23. The zero-order chi connectivity index (χ0) is 17.4. The lowest BCUT2D eigenvalue weighted by molar-refractivity contribution is 0.238. The van der Waals surface area contributed by atoms with E-state index in [2.05, 4.69) is 10.6 Å². The summed E-state index contributed by atoms with van der Waals surface area (Å²) in [5, 5.41) is 5.54. The van der Waals surface area contributed by atoms with E-state index >= 15 is 0 Å². The molecule has 2 N–H and O–H groups in total. The largest absolute Gasteiger partial charge is 0.457 e. The van der Waals surface area contributed by atoms with Gasteiger partial charge in [-0.05, 0) is 36.8 Å². The maximum atomic E-state index is 11.8. The third-order valence-corrected chi connectivity index (χ3v) is 4.16. The van der Waals surface area contributed by atoms with E-state index in [9.17, 15) is 9.00 Å². The van der Waals surface area contributed by atoms with Crippen LogP contribution in [0.5, 0.6) is 11.5 Å². The maximum Gasteiger partial charge on any atom is 0.315 e. The number of hydrogen-bond acceptors (Lipinski definition) is 3. The molecule has 5 nitrogen and oxygen atoms in total. The van der Waals surface area contributed by atoms with E-state index in [4.69, 9.17) is 4.74 Å². The van der Waals surface area contributed by atoms with Gasteiger partial charge in [-0.1, -0.05) is 30.3 Å². The highest BCUT2D eigenvalue weighted by atomic mass is 32.2. The molecule has 0 aromatic heterocycles. The average Bonchev–Trinajstić information content (AvgIpc) is 2.56. The zero-order valence-electron chi connectivity index (χ0n) is 13.8. The van der Waals surface area contributed by atoms with Gasteiger partial charge in [-0.25, -0.2) is 4.79 Å².